The molecule has 1 heterocycles. The molecular formula is C13H24N2S. The van der Waals surface area contributed by atoms with E-state index >= 15 is 0 Å². The second-order valence-electron chi connectivity index (χ2n) is 5.83. The lowest BCUT2D eigenvalue weighted by molar-refractivity contribution is 0.142. The first-order valence-corrected chi connectivity index (χ1v) is 7.05. The van der Waals surface area contributed by atoms with Crippen molar-refractivity contribution in [1.29, 1.82) is 0 Å². The fourth-order valence-electron chi connectivity index (χ4n) is 3.39. The Bertz CT molecular complexity index is 259. The predicted octanol–water partition coefficient (Wildman–Crippen LogP) is 2.56. The molecule has 2 fully saturated rings. The molecule has 2 N–H and O–H groups in total. The van der Waals surface area contributed by atoms with E-state index in [-0.39, 0.29) is 5.41 Å². The Labute approximate surface area is 105 Å². The highest BCUT2D eigenvalue weighted by Crippen LogP contribution is 2.39. The van der Waals surface area contributed by atoms with Gasteiger partial charge in [-0.25, -0.2) is 0 Å². The Balaban J connectivity index is 1.97. The number of rotatable bonds is 3. The minimum Gasteiger partial charge on any atom is -0.393 e. The monoisotopic (exact) mass is 240 g/mol. The summed E-state index contributed by atoms with van der Waals surface area (Å²) < 4.78 is 0. The fraction of sp³-hybridized carbons (Fsp3) is 0.923. The molecule has 0 spiro atoms. The largest absolute Gasteiger partial charge is 0.393 e. The molecule has 1 saturated heterocycles. The number of likely N-dealkylation sites (tertiary alicyclic amines) is 1. The van der Waals surface area contributed by atoms with Crippen LogP contribution in [0, 0.1) is 11.3 Å². The standard InChI is InChI=1S/C13H24N2S/c1-11-5-4-8-15(9-11)10-13(12(14)16)6-2-3-7-13/h11H,2-10H2,1H3,(H2,14,16). The second kappa shape index (κ2) is 5.01. The van der Waals surface area contributed by atoms with Crippen molar-refractivity contribution in [2.45, 2.75) is 45.4 Å². The van der Waals surface area contributed by atoms with Crippen molar-refractivity contribution in [3.05, 3.63) is 0 Å². The molecule has 1 unspecified atom stereocenters. The summed E-state index contributed by atoms with van der Waals surface area (Å²) in [5, 5.41) is 0. The van der Waals surface area contributed by atoms with Crippen LogP contribution < -0.4 is 5.73 Å². The molecule has 1 saturated carbocycles. The van der Waals surface area contributed by atoms with Crippen LogP contribution in [0.4, 0.5) is 0 Å². The Hall–Kier alpha value is -0.150. The molecule has 0 aromatic heterocycles. The van der Waals surface area contributed by atoms with Gasteiger partial charge < -0.3 is 10.6 Å². The number of hydrogen-bond acceptors (Lipinski definition) is 2. The fourth-order valence-corrected chi connectivity index (χ4v) is 3.66. The van der Waals surface area contributed by atoms with E-state index in [9.17, 15) is 0 Å². The van der Waals surface area contributed by atoms with Gasteiger partial charge in [0.15, 0.2) is 0 Å². The summed E-state index contributed by atoms with van der Waals surface area (Å²) in [4.78, 5) is 3.36. The third kappa shape index (κ3) is 2.57. The van der Waals surface area contributed by atoms with Crippen LogP contribution in [0.1, 0.15) is 45.4 Å². The van der Waals surface area contributed by atoms with Crippen LogP contribution in [-0.2, 0) is 0 Å². The summed E-state index contributed by atoms with van der Waals surface area (Å²) >= 11 is 5.32. The molecule has 16 heavy (non-hydrogen) atoms. The lowest BCUT2D eigenvalue weighted by Gasteiger charge is -2.38. The third-order valence-corrected chi connectivity index (χ3v) is 4.78. The molecule has 2 nitrogen and oxygen atoms in total. The SMILES string of the molecule is CC1CCCN(CC2(C(N)=S)CCCC2)C1. The maximum absolute atomic E-state index is 5.99. The van der Waals surface area contributed by atoms with Crippen molar-refractivity contribution < 1.29 is 0 Å². The van der Waals surface area contributed by atoms with E-state index in [1.54, 1.807) is 0 Å². The highest BCUT2D eigenvalue weighted by atomic mass is 32.1. The number of hydrogen-bond donors (Lipinski definition) is 1. The summed E-state index contributed by atoms with van der Waals surface area (Å²) in [6, 6.07) is 0. The van der Waals surface area contributed by atoms with Gasteiger partial charge in [0.1, 0.15) is 0 Å². The summed E-state index contributed by atoms with van der Waals surface area (Å²) in [6.45, 7) is 5.96. The molecule has 92 valence electrons. The van der Waals surface area contributed by atoms with Crippen molar-refractivity contribution in [2.75, 3.05) is 19.6 Å². The third-order valence-electron chi connectivity index (χ3n) is 4.35. The molecule has 2 rings (SSSR count). The first kappa shape index (κ1) is 12.3. The van der Waals surface area contributed by atoms with Crippen LogP contribution in [0.5, 0.6) is 0 Å². The van der Waals surface area contributed by atoms with E-state index in [0.717, 1.165) is 17.5 Å². The van der Waals surface area contributed by atoms with Gasteiger partial charge in [-0.15, -0.1) is 0 Å². The molecule has 1 aliphatic heterocycles. The van der Waals surface area contributed by atoms with Gasteiger partial charge in [0, 0.05) is 18.5 Å². The molecule has 0 bridgehead atoms. The zero-order chi connectivity index (χ0) is 11.6. The first-order valence-electron chi connectivity index (χ1n) is 6.65. The van der Waals surface area contributed by atoms with E-state index in [2.05, 4.69) is 11.8 Å². The zero-order valence-electron chi connectivity index (χ0n) is 10.4. The van der Waals surface area contributed by atoms with Crippen LogP contribution in [0.15, 0.2) is 0 Å². The van der Waals surface area contributed by atoms with Crippen molar-refractivity contribution >= 4 is 17.2 Å². The van der Waals surface area contributed by atoms with Gasteiger partial charge in [-0.05, 0) is 38.1 Å². The second-order valence-corrected chi connectivity index (χ2v) is 6.27. The molecule has 0 aromatic carbocycles. The molecule has 0 radical (unpaired) electrons. The molecule has 0 amide bonds. The van der Waals surface area contributed by atoms with Crippen LogP contribution in [0.2, 0.25) is 0 Å². The smallest absolute Gasteiger partial charge is 0.0802 e. The van der Waals surface area contributed by atoms with Gasteiger partial charge in [0.25, 0.3) is 0 Å². The van der Waals surface area contributed by atoms with Crippen LogP contribution in [0.3, 0.4) is 0 Å². The van der Waals surface area contributed by atoms with E-state index in [1.807, 2.05) is 0 Å². The lowest BCUT2D eigenvalue weighted by atomic mass is 9.84. The highest BCUT2D eigenvalue weighted by Gasteiger charge is 2.38. The average molecular weight is 240 g/mol. The molecule has 1 atom stereocenters. The van der Waals surface area contributed by atoms with Gasteiger partial charge in [-0.1, -0.05) is 32.0 Å². The summed E-state index contributed by atoms with van der Waals surface area (Å²) in [6.07, 6.45) is 7.77. The Morgan fingerprint density at radius 2 is 2.06 bits per heavy atom. The first-order chi connectivity index (χ1) is 7.62. The predicted molar refractivity (Wildman–Crippen MR) is 72.5 cm³/mol. The van der Waals surface area contributed by atoms with Gasteiger partial charge in [-0.3, -0.25) is 0 Å². The summed E-state index contributed by atoms with van der Waals surface area (Å²) in [7, 11) is 0. The van der Waals surface area contributed by atoms with Crippen LogP contribution in [-0.4, -0.2) is 29.5 Å². The lowest BCUT2D eigenvalue weighted by Crippen LogP contribution is -2.46. The molecule has 2 aliphatic rings. The Morgan fingerprint density at radius 1 is 1.38 bits per heavy atom. The van der Waals surface area contributed by atoms with Crippen LogP contribution in [0.25, 0.3) is 0 Å². The quantitative estimate of drug-likeness (QED) is 0.769. The van der Waals surface area contributed by atoms with Gasteiger partial charge in [-0.2, -0.15) is 0 Å². The van der Waals surface area contributed by atoms with Crippen LogP contribution >= 0.6 is 12.2 Å². The zero-order valence-corrected chi connectivity index (χ0v) is 11.2. The van der Waals surface area contributed by atoms with Crippen molar-refractivity contribution in [1.82, 2.24) is 4.90 Å². The van der Waals surface area contributed by atoms with E-state index < -0.39 is 0 Å². The maximum Gasteiger partial charge on any atom is 0.0802 e. The number of nitrogens with zero attached hydrogens (tertiary/aromatic N) is 1. The van der Waals surface area contributed by atoms with Gasteiger partial charge in [0.2, 0.25) is 0 Å². The minimum atomic E-state index is 0.173. The average Bonchev–Trinajstić information content (AvgIpc) is 2.67. The number of nitrogens with two attached hydrogens (primary N) is 1. The number of thiocarbonyl (C=S) groups is 1. The number of piperidine rings is 1. The molecular weight excluding hydrogens is 216 g/mol. The van der Waals surface area contributed by atoms with E-state index in [0.29, 0.717) is 0 Å². The van der Waals surface area contributed by atoms with Gasteiger partial charge in [0.05, 0.1) is 4.99 Å². The van der Waals surface area contributed by atoms with Crippen molar-refractivity contribution in [2.24, 2.45) is 17.1 Å². The molecule has 0 aromatic rings. The highest BCUT2D eigenvalue weighted by molar-refractivity contribution is 7.80. The summed E-state index contributed by atoms with van der Waals surface area (Å²) in [5.74, 6) is 0.846. The normalized spacial score (nSPS) is 30.4. The Morgan fingerprint density at radius 3 is 2.62 bits per heavy atom. The van der Waals surface area contributed by atoms with Crippen molar-refractivity contribution in [3.63, 3.8) is 0 Å². The van der Waals surface area contributed by atoms with Gasteiger partial charge >= 0.3 is 0 Å². The summed E-state index contributed by atoms with van der Waals surface area (Å²) in [5.41, 5.74) is 6.16. The van der Waals surface area contributed by atoms with E-state index in [4.69, 9.17) is 18.0 Å². The topological polar surface area (TPSA) is 29.3 Å². The van der Waals surface area contributed by atoms with E-state index in [1.165, 1.54) is 51.6 Å². The van der Waals surface area contributed by atoms with Crippen molar-refractivity contribution in [3.8, 4) is 0 Å². The molecule has 1 aliphatic carbocycles. The minimum absolute atomic E-state index is 0.173. The maximum atomic E-state index is 5.99. The molecule has 3 heteroatoms. The Kier molecular flexibility index (Phi) is 3.85.